The summed E-state index contributed by atoms with van der Waals surface area (Å²) in [6, 6.07) is 5.09. The monoisotopic (exact) mass is 258 g/mol. The Morgan fingerprint density at radius 2 is 2.12 bits per heavy atom. The molecular weight excluding hydrogens is 247 g/mol. The first-order valence-electron chi connectivity index (χ1n) is 4.85. The van der Waals surface area contributed by atoms with Gasteiger partial charge < -0.3 is 4.74 Å². The molecule has 0 radical (unpaired) electrons. The average molecular weight is 259 g/mol. The third-order valence-corrected chi connectivity index (χ3v) is 2.51. The van der Waals surface area contributed by atoms with Crippen molar-refractivity contribution in [2.45, 2.75) is 13.8 Å². The van der Waals surface area contributed by atoms with Crippen LogP contribution in [0.25, 0.3) is 6.08 Å². The molecule has 0 aliphatic rings. The lowest BCUT2D eigenvalue weighted by Gasteiger charge is -2.03. The Balaban J connectivity index is 2.97. The lowest BCUT2D eigenvalue weighted by molar-refractivity contribution is -0.138. The van der Waals surface area contributed by atoms with Gasteiger partial charge >= 0.3 is 5.97 Å². The number of carbonyl (C=O) groups excluding carboxylic acids is 1. The van der Waals surface area contributed by atoms with E-state index >= 15 is 0 Å². The molecule has 0 bridgehead atoms. The number of benzene rings is 1. The lowest BCUT2D eigenvalue weighted by atomic mass is 10.1. The highest BCUT2D eigenvalue weighted by atomic mass is 35.5. The Morgan fingerprint density at radius 1 is 1.44 bits per heavy atom. The molecule has 0 saturated heterocycles. The number of carbonyl (C=O) groups is 1. The van der Waals surface area contributed by atoms with Crippen LogP contribution in [0.5, 0.6) is 0 Å². The van der Waals surface area contributed by atoms with Crippen LogP contribution in [-0.2, 0) is 9.53 Å². The number of hydrogen-bond acceptors (Lipinski definition) is 2. The van der Waals surface area contributed by atoms with Crippen LogP contribution in [-0.4, -0.2) is 12.6 Å². The molecule has 1 aromatic carbocycles. The van der Waals surface area contributed by atoms with Crippen molar-refractivity contribution in [3.8, 4) is 0 Å². The lowest BCUT2D eigenvalue weighted by Crippen LogP contribution is -2.04. The van der Waals surface area contributed by atoms with E-state index in [9.17, 15) is 4.79 Å². The SMILES string of the molecule is CCOC(=O)/C(C)=C/c1cc(Cl)ccc1Cl. The van der Waals surface area contributed by atoms with Crippen molar-refractivity contribution in [2.24, 2.45) is 0 Å². The molecular formula is C12H12Cl2O2. The number of hydrogen-bond donors (Lipinski definition) is 0. The third-order valence-electron chi connectivity index (χ3n) is 1.93. The standard InChI is InChI=1S/C12H12Cl2O2/c1-3-16-12(15)8(2)6-9-7-10(13)4-5-11(9)14/h4-7H,3H2,1-2H3/b8-6+. The first kappa shape index (κ1) is 13.1. The van der Waals surface area contributed by atoms with E-state index < -0.39 is 0 Å². The minimum atomic E-state index is -0.349. The van der Waals surface area contributed by atoms with Crippen molar-refractivity contribution in [3.63, 3.8) is 0 Å². The summed E-state index contributed by atoms with van der Waals surface area (Å²) in [5, 5.41) is 1.13. The van der Waals surface area contributed by atoms with Crippen molar-refractivity contribution >= 4 is 35.2 Å². The van der Waals surface area contributed by atoms with Gasteiger partial charge in [-0.15, -0.1) is 0 Å². The van der Waals surface area contributed by atoms with Crippen molar-refractivity contribution < 1.29 is 9.53 Å². The Kier molecular flexibility index (Phi) is 4.84. The number of ether oxygens (including phenoxy) is 1. The minimum absolute atomic E-state index is 0.349. The van der Waals surface area contributed by atoms with Crippen LogP contribution in [0.3, 0.4) is 0 Å². The second kappa shape index (κ2) is 5.92. The highest BCUT2D eigenvalue weighted by Crippen LogP contribution is 2.23. The van der Waals surface area contributed by atoms with Gasteiger partial charge in [-0.25, -0.2) is 4.79 Å². The van der Waals surface area contributed by atoms with Crippen LogP contribution in [0, 0.1) is 0 Å². The number of halogens is 2. The number of rotatable bonds is 3. The van der Waals surface area contributed by atoms with Gasteiger partial charge in [-0.1, -0.05) is 23.2 Å². The molecule has 0 atom stereocenters. The summed E-state index contributed by atoms with van der Waals surface area (Å²) >= 11 is 11.8. The van der Waals surface area contributed by atoms with E-state index in [0.717, 1.165) is 0 Å². The van der Waals surface area contributed by atoms with E-state index in [1.807, 2.05) is 0 Å². The molecule has 1 aromatic rings. The molecule has 0 aromatic heterocycles. The zero-order chi connectivity index (χ0) is 12.1. The van der Waals surface area contributed by atoms with E-state index in [0.29, 0.717) is 27.8 Å². The van der Waals surface area contributed by atoms with Crippen LogP contribution in [0.15, 0.2) is 23.8 Å². The molecule has 0 fully saturated rings. The second-order valence-electron chi connectivity index (χ2n) is 3.21. The predicted molar refractivity (Wildman–Crippen MR) is 66.7 cm³/mol. The van der Waals surface area contributed by atoms with Crippen molar-refractivity contribution in [1.82, 2.24) is 0 Å². The van der Waals surface area contributed by atoms with Crippen molar-refractivity contribution in [3.05, 3.63) is 39.4 Å². The summed E-state index contributed by atoms with van der Waals surface area (Å²) in [6.07, 6.45) is 1.66. The zero-order valence-electron chi connectivity index (χ0n) is 9.09. The molecule has 0 heterocycles. The largest absolute Gasteiger partial charge is 0.463 e. The van der Waals surface area contributed by atoms with Crippen LogP contribution in [0.1, 0.15) is 19.4 Å². The summed E-state index contributed by atoms with van der Waals surface area (Å²) in [4.78, 5) is 11.4. The Hall–Kier alpha value is -0.990. The summed E-state index contributed by atoms with van der Waals surface area (Å²) in [5.74, 6) is -0.349. The Morgan fingerprint density at radius 3 is 2.75 bits per heavy atom. The minimum Gasteiger partial charge on any atom is -0.463 e. The molecule has 16 heavy (non-hydrogen) atoms. The topological polar surface area (TPSA) is 26.3 Å². The van der Waals surface area contributed by atoms with Gasteiger partial charge in [0.15, 0.2) is 0 Å². The highest BCUT2D eigenvalue weighted by molar-refractivity contribution is 6.34. The maximum Gasteiger partial charge on any atom is 0.333 e. The quantitative estimate of drug-likeness (QED) is 0.606. The zero-order valence-corrected chi connectivity index (χ0v) is 10.6. The highest BCUT2D eigenvalue weighted by Gasteiger charge is 2.06. The normalized spacial score (nSPS) is 11.4. The Labute approximate surface area is 105 Å². The first-order valence-corrected chi connectivity index (χ1v) is 5.60. The van der Waals surface area contributed by atoms with Crippen LogP contribution in [0.4, 0.5) is 0 Å². The molecule has 1 rings (SSSR count). The van der Waals surface area contributed by atoms with Gasteiger partial charge in [-0.3, -0.25) is 0 Å². The Bertz CT molecular complexity index is 425. The summed E-state index contributed by atoms with van der Waals surface area (Å²) in [7, 11) is 0. The van der Waals surface area contributed by atoms with Gasteiger partial charge in [0.2, 0.25) is 0 Å². The fraction of sp³-hybridized carbons (Fsp3) is 0.250. The van der Waals surface area contributed by atoms with Crippen LogP contribution in [0.2, 0.25) is 10.0 Å². The third kappa shape index (κ3) is 3.54. The number of esters is 1. The van der Waals surface area contributed by atoms with Crippen LogP contribution >= 0.6 is 23.2 Å². The van der Waals surface area contributed by atoms with E-state index in [2.05, 4.69) is 0 Å². The summed E-state index contributed by atoms with van der Waals surface area (Å²) in [6.45, 7) is 3.79. The first-order chi connectivity index (χ1) is 7.54. The smallest absolute Gasteiger partial charge is 0.333 e. The second-order valence-corrected chi connectivity index (χ2v) is 4.06. The molecule has 0 aliphatic heterocycles. The predicted octanol–water partition coefficient (Wildman–Crippen LogP) is 3.96. The van der Waals surface area contributed by atoms with Gasteiger partial charge in [0.1, 0.15) is 0 Å². The van der Waals surface area contributed by atoms with Gasteiger partial charge in [0.05, 0.1) is 6.61 Å². The van der Waals surface area contributed by atoms with E-state index in [4.69, 9.17) is 27.9 Å². The van der Waals surface area contributed by atoms with Gasteiger partial charge in [-0.05, 0) is 43.7 Å². The molecule has 0 amide bonds. The van der Waals surface area contributed by atoms with E-state index in [1.54, 1.807) is 38.1 Å². The summed E-state index contributed by atoms with van der Waals surface area (Å²) in [5.41, 5.74) is 1.20. The molecule has 86 valence electrons. The molecule has 4 heteroatoms. The van der Waals surface area contributed by atoms with E-state index in [-0.39, 0.29) is 5.97 Å². The van der Waals surface area contributed by atoms with Gasteiger partial charge in [0.25, 0.3) is 0 Å². The average Bonchev–Trinajstić information content (AvgIpc) is 2.23. The molecule has 0 aliphatic carbocycles. The van der Waals surface area contributed by atoms with Crippen molar-refractivity contribution in [1.29, 1.82) is 0 Å². The van der Waals surface area contributed by atoms with Crippen LogP contribution < -0.4 is 0 Å². The fourth-order valence-corrected chi connectivity index (χ4v) is 1.51. The fourth-order valence-electron chi connectivity index (χ4n) is 1.16. The molecule has 2 nitrogen and oxygen atoms in total. The maximum absolute atomic E-state index is 11.4. The van der Waals surface area contributed by atoms with E-state index in [1.165, 1.54) is 0 Å². The van der Waals surface area contributed by atoms with Gasteiger partial charge in [-0.2, -0.15) is 0 Å². The molecule has 0 saturated carbocycles. The summed E-state index contributed by atoms with van der Waals surface area (Å²) < 4.78 is 4.86. The molecule has 0 spiro atoms. The molecule has 0 N–H and O–H groups in total. The molecule has 0 unspecified atom stereocenters. The maximum atomic E-state index is 11.4. The van der Waals surface area contributed by atoms with Crippen molar-refractivity contribution in [2.75, 3.05) is 6.61 Å². The van der Waals surface area contributed by atoms with Gasteiger partial charge in [0, 0.05) is 15.6 Å².